The summed E-state index contributed by atoms with van der Waals surface area (Å²) in [7, 11) is 4.09. The Bertz CT molecular complexity index is 496. The van der Waals surface area contributed by atoms with E-state index >= 15 is 0 Å². The van der Waals surface area contributed by atoms with Crippen LogP contribution in [-0.2, 0) is 0 Å². The number of hydrogen-bond acceptors (Lipinski definition) is 3. The lowest BCUT2D eigenvalue weighted by Crippen LogP contribution is -2.30. The highest BCUT2D eigenvalue weighted by Gasteiger charge is 2.27. The Morgan fingerprint density at radius 1 is 1.40 bits per heavy atom. The first-order chi connectivity index (χ1) is 9.38. The van der Waals surface area contributed by atoms with E-state index in [-0.39, 0.29) is 5.91 Å². The van der Waals surface area contributed by atoms with Crippen molar-refractivity contribution in [2.24, 2.45) is 5.92 Å². The Kier molecular flexibility index (Phi) is 4.78. The Morgan fingerprint density at radius 3 is 2.55 bits per heavy atom. The fraction of sp³-hybridized carbons (Fsp3) is 0.500. The zero-order chi connectivity index (χ0) is 14.9. The molecule has 0 aromatic heterocycles. The molecule has 2 N–H and O–H groups in total. The number of nitrogens with two attached hydrogens (primary N) is 1. The van der Waals surface area contributed by atoms with Crippen molar-refractivity contribution in [2.75, 3.05) is 39.5 Å². The van der Waals surface area contributed by atoms with Gasteiger partial charge in [0.1, 0.15) is 0 Å². The molecule has 0 radical (unpaired) electrons. The molecule has 1 aromatic carbocycles. The molecular weight excluding hydrogens is 297 g/mol. The normalized spacial score (nSPS) is 18.9. The number of nitrogens with zero attached hydrogens (tertiary/aromatic N) is 2. The van der Waals surface area contributed by atoms with Crippen LogP contribution < -0.4 is 5.73 Å². The minimum absolute atomic E-state index is 0.0324. The van der Waals surface area contributed by atoms with E-state index in [9.17, 15) is 4.79 Å². The molecule has 110 valence electrons. The lowest BCUT2D eigenvalue weighted by molar-refractivity contribution is 0.0785. The molecule has 6 heteroatoms. The smallest absolute Gasteiger partial charge is 0.253 e. The number of amides is 1. The Hall–Kier alpha value is -0.970. The maximum Gasteiger partial charge on any atom is 0.253 e. The fourth-order valence-electron chi connectivity index (χ4n) is 2.57. The van der Waals surface area contributed by atoms with Crippen molar-refractivity contribution < 1.29 is 4.79 Å². The van der Waals surface area contributed by atoms with Crippen molar-refractivity contribution in [3.8, 4) is 0 Å². The van der Waals surface area contributed by atoms with E-state index in [0.717, 1.165) is 26.1 Å². The van der Waals surface area contributed by atoms with E-state index < -0.39 is 0 Å². The fourth-order valence-corrected chi connectivity index (χ4v) is 3.06. The molecule has 0 unspecified atom stereocenters. The molecule has 20 heavy (non-hydrogen) atoms. The molecule has 2 rings (SSSR count). The number of anilines is 1. The molecular formula is C14H19Cl2N3O. The van der Waals surface area contributed by atoms with Crippen molar-refractivity contribution in [3.63, 3.8) is 0 Å². The van der Waals surface area contributed by atoms with Crippen LogP contribution in [0.2, 0.25) is 10.0 Å². The third-order valence-corrected chi connectivity index (χ3v) is 4.15. The van der Waals surface area contributed by atoms with Gasteiger partial charge in [-0.1, -0.05) is 23.2 Å². The van der Waals surface area contributed by atoms with Crippen LogP contribution >= 0.6 is 23.2 Å². The van der Waals surface area contributed by atoms with Crippen molar-refractivity contribution in [2.45, 2.75) is 6.42 Å². The van der Waals surface area contributed by atoms with Crippen molar-refractivity contribution >= 4 is 34.8 Å². The monoisotopic (exact) mass is 315 g/mol. The summed E-state index contributed by atoms with van der Waals surface area (Å²) in [5.74, 6) is 0.490. The molecule has 1 aliphatic heterocycles. The summed E-state index contributed by atoms with van der Waals surface area (Å²) in [6.07, 6.45) is 1.03. The van der Waals surface area contributed by atoms with Gasteiger partial charge in [0.25, 0.3) is 5.91 Å². The van der Waals surface area contributed by atoms with Gasteiger partial charge in [0.15, 0.2) is 0 Å². The SMILES string of the molecule is CN(C)C[C@@H]1CCN(C(=O)c2cc(Cl)c(N)c(Cl)c2)C1. The third-order valence-electron chi connectivity index (χ3n) is 3.52. The summed E-state index contributed by atoms with van der Waals surface area (Å²) < 4.78 is 0. The first-order valence-electron chi connectivity index (χ1n) is 6.57. The van der Waals surface area contributed by atoms with Crippen LogP contribution in [0.3, 0.4) is 0 Å². The highest BCUT2D eigenvalue weighted by atomic mass is 35.5. The van der Waals surface area contributed by atoms with Crippen LogP contribution in [0, 0.1) is 5.92 Å². The average Bonchev–Trinajstić information content (AvgIpc) is 2.82. The summed E-state index contributed by atoms with van der Waals surface area (Å²) in [6, 6.07) is 3.18. The number of nitrogen functional groups attached to an aromatic ring is 1. The van der Waals surface area contributed by atoms with E-state index in [1.54, 1.807) is 12.1 Å². The van der Waals surface area contributed by atoms with Crippen molar-refractivity contribution in [1.82, 2.24) is 9.80 Å². The van der Waals surface area contributed by atoms with Gasteiger partial charge in [-0.3, -0.25) is 4.79 Å². The maximum absolute atomic E-state index is 12.4. The largest absolute Gasteiger partial charge is 0.396 e. The molecule has 4 nitrogen and oxygen atoms in total. The summed E-state index contributed by atoms with van der Waals surface area (Å²) in [4.78, 5) is 16.5. The molecule has 1 amide bonds. The molecule has 0 spiro atoms. The standard InChI is InChI=1S/C14H19Cl2N3O/c1-18(2)7-9-3-4-19(8-9)14(20)10-5-11(15)13(17)12(16)6-10/h5-6,9H,3-4,7-8,17H2,1-2H3/t9-/m0/s1. The molecule has 0 aliphatic carbocycles. The molecule has 0 bridgehead atoms. The lowest BCUT2D eigenvalue weighted by Gasteiger charge is -2.19. The van der Waals surface area contributed by atoms with Crippen LogP contribution in [0.5, 0.6) is 0 Å². The highest BCUT2D eigenvalue weighted by molar-refractivity contribution is 6.39. The van der Waals surface area contributed by atoms with Gasteiger partial charge < -0.3 is 15.5 Å². The zero-order valence-corrected chi connectivity index (χ0v) is 13.2. The first-order valence-corrected chi connectivity index (χ1v) is 7.32. The second-order valence-electron chi connectivity index (χ2n) is 5.52. The molecule has 1 aliphatic rings. The Labute approximate surface area is 129 Å². The summed E-state index contributed by atoms with van der Waals surface area (Å²) >= 11 is 12.0. The van der Waals surface area contributed by atoms with Gasteiger partial charge in [0.05, 0.1) is 15.7 Å². The molecule has 1 heterocycles. The second-order valence-corrected chi connectivity index (χ2v) is 6.34. The Morgan fingerprint density at radius 2 is 2.00 bits per heavy atom. The quantitative estimate of drug-likeness (QED) is 0.872. The van der Waals surface area contributed by atoms with Crippen LogP contribution in [-0.4, -0.2) is 49.4 Å². The van der Waals surface area contributed by atoms with E-state index in [1.165, 1.54) is 0 Å². The number of carbonyl (C=O) groups excluding carboxylic acids is 1. The van der Waals surface area contributed by atoms with Gasteiger partial charge in [-0.25, -0.2) is 0 Å². The minimum Gasteiger partial charge on any atom is -0.396 e. The zero-order valence-electron chi connectivity index (χ0n) is 11.7. The van der Waals surface area contributed by atoms with E-state index in [4.69, 9.17) is 28.9 Å². The average molecular weight is 316 g/mol. The van der Waals surface area contributed by atoms with Crippen LogP contribution in [0.4, 0.5) is 5.69 Å². The third kappa shape index (κ3) is 3.37. The predicted octanol–water partition coefficient (Wildman–Crippen LogP) is 2.60. The van der Waals surface area contributed by atoms with Crippen LogP contribution in [0.1, 0.15) is 16.8 Å². The van der Waals surface area contributed by atoms with Gasteiger partial charge in [-0.2, -0.15) is 0 Å². The number of hydrogen-bond donors (Lipinski definition) is 1. The maximum atomic E-state index is 12.4. The van der Waals surface area contributed by atoms with Crippen molar-refractivity contribution in [1.29, 1.82) is 0 Å². The topological polar surface area (TPSA) is 49.6 Å². The lowest BCUT2D eigenvalue weighted by atomic mass is 10.1. The predicted molar refractivity (Wildman–Crippen MR) is 83.4 cm³/mol. The highest BCUT2D eigenvalue weighted by Crippen LogP contribution is 2.30. The van der Waals surface area contributed by atoms with Gasteiger partial charge in [-0.15, -0.1) is 0 Å². The minimum atomic E-state index is -0.0324. The first kappa shape index (κ1) is 15.4. The van der Waals surface area contributed by atoms with Crippen LogP contribution in [0.25, 0.3) is 0 Å². The number of benzene rings is 1. The second kappa shape index (κ2) is 6.20. The Balaban J connectivity index is 2.09. The van der Waals surface area contributed by atoms with Crippen LogP contribution in [0.15, 0.2) is 12.1 Å². The molecule has 1 aromatic rings. The van der Waals surface area contributed by atoms with E-state index in [0.29, 0.717) is 27.2 Å². The molecule has 1 fully saturated rings. The number of rotatable bonds is 3. The molecule has 1 saturated heterocycles. The number of carbonyl (C=O) groups is 1. The van der Waals surface area contributed by atoms with E-state index in [2.05, 4.69) is 4.90 Å². The molecule has 1 atom stereocenters. The summed E-state index contributed by atoms with van der Waals surface area (Å²) in [5.41, 5.74) is 6.50. The van der Waals surface area contributed by atoms with Gasteiger partial charge in [0, 0.05) is 25.2 Å². The number of halogens is 2. The van der Waals surface area contributed by atoms with Gasteiger partial charge in [0.2, 0.25) is 0 Å². The summed E-state index contributed by atoms with van der Waals surface area (Å²) in [6.45, 7) is 2.54. The van der Waals surface area contributed by atoms with Gasteiger partial charge >= 0.3 is 0 Å². The van der Waals surface area contributed by atoms with Crippen molar-refractivity contribution in [3.05, 3.63) is 27.7 Å². The van der Waals surface area contributed by atoms with Gasteiger partial charge in [-0.05, 0) is 38.6 Å². The number of likely N-dealkylation sites (tertiary alicyclic amines) is 1. The van der Waals surface area contributed by atoms with E-state index in [1.807, 2.05) is 19.0 Å². The molecule has 0 saturated carbocycles. The summed E-state index contributed by atoms with van der Waals surface area (Å²) in [5, 5.41) is 0.648.